The van der Waals surface area contributed by atoms with Gasteiger partial charge in [0.2, 0.25) is 5.91 Å². The highest BCUT2D eigenvalue weighted by Gasteiger charge is 2.27. The third kappa shape index (κ3) is 5.05. The minimum atomic E-state index is -0.552. The highest BCUT2D eigenvalue weighted by atomic mass is 19.1. The van der Waals surface area contributed by atoms with E-state index in [0.717, 1.165) is 32.4 Å². The lowest BCUT2D eigenvalue weighted by atomic mass is 10.0. The van der Waals surface area contributed by atoms with Crippen molar-refractivity contribution in [2.24, 2.45) is 5.92 Å². The zero-order chi connectivity index (χ0) is 16.8. The van der Waals surface area contributed by atoms with Crippen LogP contribution in [0, 0.1) is 11.7 Å². The van der Waals surface area contributed by atoms with Crippen LogP contribution in [0.3, 0.4) is 0 Å². The van der Waals surface area contributed by atoms with E-state index in [2.05, 4.69) is 5.32 Å². The highest BCUT2D eigenvalue weighted by Crippen LogP contribution is 2.14. The van der Waals surface area contributed by atoms with Crippen LogP contribution in [0.4, 0.5) is 4.39 Å². The van der Waals surface area contributed by atoms with Crippen LogP contribution in [-0.2, 0) is 4.79 Å². The van der Waals surface area contributed by atoms with E-state index in [1.54, 1.807) is 6.07 Å². The van der Waals surface area contributed by atoms with Crippen molar-refractivity contribution < 1.29 is 14.0 Å². The lowest BCUT2D eigenvalue weighted by Crippen LogP contribution is -2.50. The normalized spacial score (nSPS) is 16.3. The van der Waals surface area contributed by atoms with Crippen molar-refractivity contribution in [3.8, 4) is 0 Å². The van der Waals surface area contributed by atoms with Crippen LogP contribution in [0.1, 0.15) is 49.9 Å². The van der Waals surface area contributed by atoms with Gasteiger partial charge in [-0.15, -0.1) is 0 Å². The first-order valence-corrected chi connectivity index (χ1v) is 8.32. The van der Waals surface area contributed by atoms with Gasteiger partial charge in [-0.25, -0.2) is 4.39 Å². The SMILES string of the molecule is CC(C)C[C@H](NC(=O)c1cccc(F)c1)C(=O)N1CCCCC1. The molecule has 5 heteroatoms. The molecular weight excluding hydrogens is 295 g/mol. The second kappa shape index (κ2) is 8.09. The number of nitrogens with zero attached hydrogens (tertiary/aromatic N) is 1. The molecule has 1 aliphatic rings. The second-order valence-electron chi connectivity index (χ2n) is 6.55. The lowest BCUT2D eigenvalue weighted by molar-refractivity contribution is -0.134. The highest BCUT2D eigenvalue weighted by molar-refractivity contribution is 5.97. The van der Waals surface area contributed by atoms with Crippen molar-refractivity contribution in [2.45, 2.75) is 45.6 Å². The van der Waals surface area contributed by atoms with Gasteiger partial charge >= 0.3 is 0 Å². The molecule has 0 aromatic heterocycles. The number of likely N-dealkylation sites (tertiary alicyclic amines) is 1. The number of carbonyl (C=O) groups excluding carboxylic acids is 2. The van der Waals surface area contributed by atoms with E-state index < -0.39 is 17.8 Å². The molecule has 1 saturated heterocycles. The minimum Gasteiger partial charge on any atom is -0.341 e. The van der Waals surface area contributed by atoms with Crippen molar-refractivity contribution in [3.05, 3.63) is 35.6 Å². The summed E-state index contributed by atoms with van der Waals surface area (Å²) in [5, 5.41) is 2.79. The fourth-order valence-corrected chi connectivity index (χ4v) is 2.90. The molecule has 0 saturated carbocycles. The van der Waals surface area contributed by atoms with Crippen molar-refractivity contribution in [1.29, 1.82) is 0 Å². The number of halogens is 1. The van der Waals surface area contributed by atoms with E-state index in [4.69, 9.17) is 0 Å². The number of hydrogen-bond acceptors (Lipinski definition) is 2. The van der Waals surface area contributed by atoms with Gasteiger partial charge in [-0.05, 0) is 49.8 Å². The number of rotatable bonds is 5. The third-order valence-corrected chi connectivity index (χ3v) is 4.07. The molecule has 2 amide bonds. The second-order valence-corrected chi connectivity index (χ2v) is 6.55. The molecule has 2 rings (SSSR count). The summed E-state index contributed by atoms with van der Waals surface area (Å²) in [5.74, 6) is -0.606. The molecule has 0 bridgehead atoms. The molecule has 0 spiro atoms. The largest absolute Gasteiger partial charge is 0.341 e. The zero-order valence-corrected chi connectivity index (χ0v) is 13.8. The Morgan fingerprint density at radius 3 is 2.52 bits per heavy atom. The van der Waals surface area contributed by atoms with Crippen LogP contribution in [0.15, 0.2) is 24.3 Å². The zero-order valence-electron chi connectivity index (χ0n) is 13.8. The molecule has 0 aliphatic carbocycles. The molecule has 126 valence electrons. The van der Waals surface area contributed by atoms with Gasteiger partial charge in [0.1, 0.15) is 11.9 Å². The fourth-order valence-electron chi connectivity index (χ4n) is 2.90. The van der Waals surface area contributed by atoms with Crippen LogP contribution in [0.5, 0.6) is 0 Å². The van der Waals surface area contributed by atoms with Gasteiger partial charge in [0.15, 0.2) is 0 Å². The standard InChI is InChI=1S/C18H25FN2O2/c1-13(2)11-16(18(23)21-9-4-3-5-10-21)20-17(22)14-7-6-8-15(19)12-14/h6-8,12-13,16H,3-5,9-11H2,1-2H3,(H,20,22)/t16-/m0/s1. The maximum absolute atomic E-state index is 13.3. The Hall–Kier alpha value is -1.91. The summed E-state index contributed by atoms with van der Waals surface area (Å²) in [4.78, 5) is 26.9. The Morgan fingerprint density at radius 1 is 1.22 bits per heavy atom. The van der Waals surface area contributed by atoms with Gasteiger partial charge in [-0.2, -0.15) is 0 Å². The van der Waals surface area contributed by atoms with Crippen LogP contribution in [-0.4, -0.2) is 35.8 Å². The Kier molecular flexibility index (Phi) is 6.13. The number of hydrogen-bond donors (Lipinski definition) is 1. The van der Waals surface area contributed by atoms with Gasteiger partial charge in [0.25, 0.3) is 5.91 Å². The molecule has 1 aromatic rings. The van der Waals surface area contributed by atoms with Crippen LogP contribution in [0.2, 0.25) is 0 Å². The summed E-state index contributed by atoms with van der Waals surface area (Å²) in [6.07, 6.45) is 3.75. The Bertz CT molecular complexity index is 554. The minimum absolute atomic E-state index is 0.0249. The van der Waals surface area contributed by atoms with Gasteiger partial charge in [-0.3, -0.25) is 9.59 Å². The Morgan fingerprint density at radius 2 is 1.91 bits per heavy atom. The van der Waals surface area contributed by atoms with E-state index in [0.29, 0.717) is 6.42 Å². The van der Waals surface area contributed by atoms with Crippen molar-refractivity contribution >= 4 is 11.8 Å². The van der Waals surface area contributed by atoms with Gasteiger partial charge < -0.3 is 10.2 Å². The predicted molar refractivity (Wildman–Crippen MR) is 87.5 cm³/mol. The lowest BCUT2D eigenvalue weighted by Gasteiger charge is -2.31. The number of piperidine rings is 1. The summed E-state index contributed by atoms with van der Waals surface area (Å²) in [7, 11) is 0. The molecule has 23 heavy (non-hydrogen) atoms. The molecule has 0 radical (unpaired) electrons. The number of amides is 2. The molecular formula is C18H25FN2O2. The maximum atomic E-state index is 13.3. The van der Waals surface area contributed by atoms with Gasteiger partial charge in [0, 0.05) is 18.7 Å². The number of carbonyl (C=O) groups is 2. The third-order valence-electron chi connectivity index (χ3n) is 4.07. The van der Waals surface area contributed by atoms with E-state index in [1.165, 1.54) is 18.2 Å². The van der Waals surface area contributed by atoms with Crippen LogP contribution < -0.4 is 5.32 Å². The molecule has 4 nitrogen and oxygen atoms in total. The van der Waals surface area contributed by atoms with Crippen molar-refractivity contribution in [1.82, 2.24) is 10.2 Å². The molecule has 1 aliphatic heterocycles. The van der Waals surface area contributed by atoms with E-state index >= 15 is 0 Å². The average molecular weight is 320 g/mol. The summed E-state index contributed by atoms with van der Waals surface area (Å²) >= 11 is 0. The van der Waals surface area contributed by atoms with Gasteiger partial charge in [-0.1, -0.05) is 19.9 Å². The predicted octanol–water partition coefficient (Wildman–Crippen LogP) is 2.98. The van der Waals surface area contributed by atoms with Gasteiger partial charge in [0.05, 0.1) is 0 Å². The summed E-state index contributed by atoms with van der Waals surface area (Å²) in [5.41, 5.74) is 0.241. The molecule has 1 fully saturated rings. The number of nitrogens with one attached hydrogen (secondary N) is 1. The molecule has 1 heterocycles. The quantitative estimate of drug-likeness (QED) is 0.907. The van der Waals surface area contributed by atoms with Crippen LogP contribution >= 0.6 is 0 Å². The van der Waals surface area contributed by atoms with E-state index in [9.17, 15) is 14.0 Å². The number of benzene rings is 1. The first-order chi connectivity index (χ1) is 11.0. The Labute approximate surface area is 137 Å². The molecule has 1 aromatic carbocycles. The molecule has 1 atom stereocenters. The molecule has 1 N–H and O–H groups in total. The van der Waals surface area contributed by atoms with E-state index in [1.807, 2.05) is 18.7 Å². The van der Waals surface area contributed by atoms with Crippen molar-refractivity contribution in [2.75, 3.05) is 13.1 Å². The first kappa shape index (κ1) is 17.4. The summed E-state index contributed by atoms with van der Waals surface area (Å²) < 4.78 is 13.3. The summed E-state index contributed by atoms with van der Waals surface area (Å²) in [6, 6.07) is 4.97. The monoisotopic (exact) mass is 320 g/mol. The Balaban J connectivity index is 2.08. The first-order valence-electron chi connectivity index (χ1n) is 8.32. The molecule has 0 unspecified atom stereocenters. The topological polar surface area (TPSA) is 49.4 Å². The summed E-state index contributed by atoms with van der Waals surface area (Å²) in [6.45, 7) is 5.54. The van der Waals surface area contributed by atoms with E-state index in [-0.39, 0.29) is 17.4 Å². The maximum Gasteiger partial charge on any atom is 0.252 e. The van der Waals surface area contributed by atoms with Crippen LogP contribution in [0.25, 0.3) is 0 Å². The average Bonchev–Trinajstić information content (AvgIpc) is 2.54. The smallest absolute Gasteiger partial charge is 0.252 e. The van der Waals surface area contributed by atoms with Crippen molar-refractivity contribution in [3.63, 3.8) is 0 Å². The fraction of sp³-hybridized carbons (Fsp3) is 0.556.